The number of benzene rings is 2. The summed E-state index contributed by atoms with van der Waals surface area (Å²) in [4.78, 5) is 14.1. The molecule has 0 atom stereocenters. The van der Waals surface area contributed by atoms with E-state index in [4.69, 9.17) is 4.74 Å². The Morgan fingerprint density at radius 2 is 1.68 bits per heavy atom. The summed E-state index contributed by atoms with van der Waals surface area (Å²) in [7, 11) is -2.25. The van der Waals surface area contributed by atoms with Crippen LogP contribution < -0.4 is 14.4 Å². The van der Waals surface area contributed by atoms with E-state index in [1.165, 1.54) is 7.11 Å². The van der Waals surface area contributed by atoms with Gasteiger partial charge in [0.25, 0.3) is 10.0 Å². The van der Waals surface area contributed by atoms with Crippen LogP contribution in [0.1, 0.15) is 35.1 Å². The van der Waals surface area contributed by atoms with Gasteiger partial charge in [-0.05, 0) is 74.6 Å². The second-order valence-electron chi connectivity index (χ2n) is 7.23. The Hall–Kier alpha value is -2.54. The molecule has 1 amide bonds. The number of sulfonamides is 1. The number of hydrogen-bond acceptors (Lipinski definition) is 4. The molecule has 3 rings (SSSR count). The van der Waals surface area contributed by atoms with E-state index in [-0.39, 0.29) is 5.91 Å². The van der Waals surface area contributed by atoms with Crippen LogP contribution in [0.5, 0.6) is 5.75 Å². The molecule has 150 valence electrons. The van der Waals surface area contributed by atoms with Gasteiger partial charge in [-0.25, -0.2) is 8.42 Å². The van der Waals surface area contributed by atoms with Crippen LogP contribution in [-0.2, 0) is 14.8 Å². The lowest BCUT2D eigenvalue weighted by atomic mass is 10.0. The summed E-state index contributed by atoms with van der Waals surface area (Å²) >= 11 is 0. The third kappa shape index (κ3) is 3.58. The summed E-state index contributed by atoms with van der Waals surface area (Å²) in [6, 6.07) is 6.98. The van der Waals surface area contributed by atoms with Gasteiger partial charge in [0.2, 0.25) is 5.91 Å². The molecule has 1 N–H and O–H groups in total. The standard InChI is InChI=1S/C21H26N2O4S/c1-13-11-14(2)16(4)21(15(13)3)28(25,26)22-17-8-9-19(27-5)18(12-17)23-10-6-7-20(23)24/h8-9,11-12,22H,6-7,10H2,1-5H3. The number of ether oxygens (including phenoxy) is 1. The molecule has 6 nitrogen and oxygen atoms in total. The highest BCUT2D eigenvalue weighted by Gasteiger charge is 2.26. The molecule has 0 unspecified atom stereocenters. The first-order valence-corrected chi connectivity index (χ1v) is 10.7. The molecule has 1 aliphatic heterocycles. The van der Waals surface area contributed by atoms with Crippen molar-refractivity contribution >= 4 is 27.3 Å². The Kier molecular flexibility index (Phi) is 5.39. The highest BCUT2D eigenvalue weighted by atomic mass is 32.2. The molecule has 0 aliphatic carbocycles. The largest absolute Gasteiger partial charge is 0.495 e. The highest BCUT2D eigenvalue weighted by Crippen LogP contribution is 2.35. The Morgan fingerprint density at radius 3 is 2.21 bits per heavy atom. The van der Waals surface area contributed by atoms with Crippen LogP contribution in [0.2, 0.25) is 0 Å². The van der Waals surface area contributed by atoms with Gasteiger partial charge in [-0.3, -0.25) is 9.52 Å². The van der Waals surface area contributed by atoms with Crippen molar-refractivity contribution in [1.82, 2.24) is 0 Å². The van der Waals surface area contributed by atoms with Crippen LogP contribution >= 0.6 is 0 Å². The third-order valence-corrected chi connectivity index (χ3v) is 7.02. The van der Waals surface area contributed by atoms with E-state index in [0.29, 0.717) is 35.0 Å². The Bertz CT molecular complexity index is 1020. The zero-order chi connectivity index (χ0) is 20.6. The molecule has 2 aromatic carbocycles. The minimum atomic E-state index is -3.79. The number of carbonyl (C=O) groups excluding carboxylic acids is 1. The summed E-state index contributed by atoms with van der Waals surface area (Å²) in [5.74, 6) is 0.552. The fourth-order valence-electron chi connectivity index (χ4n) is 3.66. The number of carbonyl (C=O) groups is 1. The van der Waals surface area contributed by atoms with Crippen LogP contribution in [0.4, 0.5) is 11.4 Å². The summed E-state index contributed by atoms with van der Waals surface area (Å²) in [5.41, 5.74) is 4.31. The van der Waals surface area contributed by atoms with Crippen LogP contribution in [0.25, 0.3) is 0 Å². The van der Waals surface area contributed by atoms with E-state index >= 15 is 0 Å². The van der Waals surface area contributed by atoms with Crippen molar-refractivity contribution in [1.29, 1.82) is 0 Å². The molecular formula is C21H26N2O4S. The maximum atomic E-state index is 13.2. The van der Waals surface area contributed by atoms with Crippen LogP contribution in [0.3, 0.4) is 0 Å². The third-order valence-electron chi connectivity index (χ3n) is 5.36. The first kappa shape index (κ1) is 20.2. The average molecular weight is 403 g/mol. The fourth-order valence-corrected chi connectivity index (χ4v) is 5.32. The van der Waals surface area contributed by atoms with E-state index in [9.17, 15) is 13.2 Å². The maximum absolute atomic E-state index is 13.2. The highest BCUT2D eigenvalue weighted by molar-refractivity contribution is 7.92. The van der Waals surface area contributed by atoms with Crippen LogP contribution in [-0.4, -0.2) is 28.0 Å². The Morgan fingerprint density at radius 1 is 1.04 bits per heavy atom. The molecule has 7 heteroatoms. The second kappa shape index (κ2) is 7.47. The molecule has 1 saturated heterocycles. The van der Waals surface area contributed by atoms with Crippen molar-refractivity contribution in [2.45, 2.75) is 45.4 Å². The quantitative estimate of drug-likeness (QED) is 0.824. The van der Waals surface area contributed by atoms with Gasteiger partial charge >= 0.3 is 0 Å². The van der Waals surface area contributed by atoms with Crippen molar-refractivity contribution in [2.75, 3.05) is 23.3 Å². The van der Waals surface area contributed by atoms with Crippen molar-refractivity contribution in [3.8, 4) is 5.75 Å². The molecule has 1 aliphatic rings. The maximum Gasteiger partial charge on any atom is 0.262 e. The molecule has 28 heavy (non-hydrogen) atoms. The monoisotopic (exact) mass is 402 g/mol. The van der Waals surface area contributed by atoms with Gasteiger partial charge in [-0.15, -0.1) is 0 Å². The van der Waals surface area contributed by atoms with Crippen molar-refractivity contribution < 1.29 is 17.9 Å². The topological polar surface area (TPSA) is 75.7 Å². The minimum absolute atomic E-state index is 0.0132. The second-order valence-corrected chi connectivity index (χ2v) is 8.85. The van der Waals surface area contributed by atoms with E-state index < -0.39 is 10.0 Å². The first-order chi connectivity index (χ1) is 13.2. The zero-order valence-electron chi connectivity index (χ0n) is 16.9. The van der Waals surface area contributed by atoms with Crippen molar-refractivity contribution in [2.24, 2.45) is 0 Å². The predicted molar refractivity (Wildman–Crippen MR) is 111 cm³/mol. The molecule has 0 radical (unpaired) electrons. The number of aryl methyl sites for hydroxylation is 2. The number of nitrogens with zero attached hydrogens (tertiary/aromatic N) is 1. The summed E-state index contributed by atoms with van der Waals surface area (Å²) in [6.45, 7) is 8.05. The number of methoxy groups -OCH3 is 1. The van der Waals surface area contributed by atoms with Crippen molar-refractivity contribution in [3.05, 3.63) is 46.5 Å². The lowest BCUT2D eigenvalue weighted by Crippen LogP contribution is -2.24. The van der Waals surface area contributed by atoms with Gasteiger partial charge in [0.05, 0.1) is 23.4 Å². The number of hydrogen-bond donors (Lipinski definition) is 1. The smallest absolute Gasteiger partial charge is 0.262 e. The molecule has 0 bridgehead atoms. The zero-order valence-corrected chi connectivity index (χ0v) is 17.7. The van der Waals surface area contributed by atoms with Gasteiger partial charge in [0.1, 0.15) is 5.75 Å². The van der Waals surface area contributed by atoms with E-state index in [1.54, 1.807) is 23.1 Å². The lowest BCUT2D eigenvalue weighted by Gasteiger charge is -2.21. The van der Waals surface area contributed by atoms with E-state index in [2.05, 4.69) is 4.72 Å². The number of amides is 1. The fraction of sp³-hybridized carbons (Fsp3) is 0.381. The molecule has 2 aromatic rings. The predicted octanol–water partition coefficient (Wildman–Crippen LogP) is 3.86. The molecule has 0 spiro atoms. The van der Waals surface area contributed by atoms with Crippen LogP contribution in [0, 0.1) is 27.7 Å². The SMILES string of the molecule is COc1ccc(NS(=O)(=O)c2c(C)c(C)cc(C)c2C)cc1N1CCCC1=O. The summed E-state index contributed by atoms with van der Waals surface area (Å²) in [6.07, 6.45) is 1.26. The van der Waals surface area contributed by atoms with Gasteiger partial charge < -0.3 is 9.64 Å². The van der Waals surface area contributed by atoms with Gasteiger partial charge in [-0.2, -0.15) is 0 Å². The Labute approximate surface area is 166 Å². The summed E-state index contributed by atoms with van der Waals surface area (Å²) < 4.78 is 34.4. The first-order valence-electron chi connectivity index (χ1n) is 9.24. The van der Waals surface area contributed by atoms with Crippen LogP contribution in [0.15, 0.2) is 29.2 Å². The normalized spacial score (nSPS) is 14.5. The number of anilines is 2. The number of nitrogens with one attached hydrogen (secondary N) is 1. The molecule has 1 fully saturated rings. The lowest BCUT2D eigenvalue weighted by molar-refractivity contribution is -0.117. The van der Waals surface area contributed by atoms with E-state index in [1.807, 2.05) is 33.8 Å². The minimum Gasteiger partial charge on any atom is -0.495 e. The summed E-state index contributed by atoms with van der Waals surface area (Å²) in [5, 5.41) is 0. The Balaban J connectivity index is 2.03. The molecule has 0 aromatic heterocycles. The number of rotatable bonds is 5. The van der Waals surface area contributed by atoms with Crippen molar-refractivity contribution in [3.63, 3.8) is 0 Å². The van der Waals surface area contributed by atoms with Gasteiger partial charge in [-0.1, -0.05) is 6.07 Å². The average Bonchev–Trinajstić information content (AvgIpc) is 3.05. The van der Waals surface area contributed by atoms with Gasteiger partial charge in [0.15, 0.2) is 0 Å². The molecule has 1 heterocycles. The molecular weight excluding hydrogens is 376 g/mol. The van der Waals surface area contributed by atoms with Gasteiger partial charge in [0, 0.05) is 13.0 Å². The van der Waals surface area contributed by atoms with E-state index in [0.717, 1.165) is 28.7 Å². The molecule has 0 saturated carbocycles.